The monoisotopic (exact) mass is 440 g/mol. The van der Waals surface area contributed by atoms with Gasteiger partial charge in [0.2, 0.25) is 17.7 Å². The van der Waals surface area contributed by atoms with Crippen molar-refractivity contribution in [1.29, 1.82) is 0 Å². The molecule has 1 aromatic rings. The van der Waals surface area contributed by atoms with Gasteiger partial charge in [-0.3, -0.25) is 19.3 Å². The number of imide groups is 1. The van der Waals surface area contributed by atoms with Crippen LogP contribution >= 0.6 is 31.9 Å². The van der Waals surface area contributed by atoms with E-state index in [2.05, 4.69) is 37.2 Å². The van der Waals surface area contributed by atoms with Crippen LogP contribution in [-0.4, -0.2) is 29.2 Å². The summed E-state index contributed by atoms with van der Waals surface area (Å²) in [4.78, 5) is 38.0. The number of hydrogen-bond acceptors (Lipinski definition) is 3. The molecule has 1 aromatic carbocycles. The number of rotatable bonds is 3. The van der Waals surface area contributed by atoms with E-state index in [1.54, 1.807) is 12.1 Å². The quantitative estimate of drug-likeness (QED) is 0.578. The number of halogens is 2. The van der Waals surface area contributed by atoms with Crippen LogP contribution in [0.25, 0.3) is 0 Å². The molecule has 0 radical (unpaired) electrons. The van der Waals surface area contributed by atoms with Gasteiger partial charge in [0.25, 0.3) is 0 Å². The third kappa shape index (κ3) is 3.26. The van der Waals surface area contributed by atoms with Crippen molar-refractivity contribution in [2.24, 2.45) is 11.8 Å². The lowest BCUT2D eigenvalue weighted by atomic mass is 9.85. The van der Waals surface area contributed by atoms with E-state index in [1.165, 1.54) is 0 Å². The van der Waals surface area contributed by atoms with Crippen LogP contribution in [0, 0.1) is 11.8 Å². The van der Waals surface area contributed by atoms with Crippen molar-refractivity contribution in [3.05, 3.63) is 39.3 Å². The molecule has 1 heterocycles. The van der Waals surface area contributed by atoms with Gasteiger partial charge >= 0.3 is 0 Å². The summed E-state index contributed by atoms with van der Waals surface area (Å²) < 4.78 is 1.55. The van der Waals surface area contributed by atoms with E-state index in [0.29, 0.717) is 18.5 Å². The summed E-state index contributed by atoms with van der Waals surface area (Å²) in [7, 11) is 0. The van der Waals surface area contributed by atoms with E-state index in [4.69, 9.17) is 0 Å². The maximum Gasteiger partial charge on any atom is 0.244 e. The number of benzene rings is 1. The molecule has 1 aliphatic heterocycles. The van der Waals surface area contributed by atoms with E-state index >= 15 is 0 Å². The molecule has 2 aliphatic rings. The van der Waals surface area contributed by atoms with Crippen LogP contribution in [0.2, 0.25) is 0 Å². The fourth-order valence-electron chi connectivity index (χ4n) is 2.95. The predicted octanol–water partition coefficient (Wildman–Crippen LogP) is 3.10. The number of hydrogen-bond donors (Lipinski definition) is 1. The Balaban J connectivity index is 1.70. The topological polar surface area (TPSA) is 66.5 Å². The van der Waals surface area contributed by atoms with Crippen LogP contribution in [0.3, 0.4) is 0 Å². The van der Waals surface area contributed by atoms with Gasteiger partial charge in [0.1, 0.15) is 6.54 Å². The van der Waals surface area contributed by atoms with Gasteiger partial charge in [-0.2, -0.15) is 0 Å². The average molecular weight is 442 g/mol. The number of nitrogens with zero attached hydrogens (tertiary/aromatic N) is 1. The Bertz CT molecular complexity index is 691. The van der Waals surface area contributed by atoms with Crippen molar-refractivity contribution < 1.29 is 14.4 Å². The van der Waals surface area contributed by atoms with Crippen molar-refractivity contribution in [2.45, 2.75) is 12.8 Å². The number of carbonyl (C=O) groups is 3. The van der Waals surface area contributed by atoms with Crippen molar-refractivity contribution >= 4 is 55.3 Å². The normalized spacial score (nSPS) is 23.1. The predicted molar refractivity (Wildman–Crippen MR) is 92.5 cm³/mol. The number of fused-ring (bicyclic) bond motifs is 1. The zero-order valence-electron chi connectivity index (χ0n) is 12.1. The third-order valence-electron chi connectivity index (χ3n) is 4.10. The summed E-state index contributed by atoms with van der Waals surface area (Å²) in [5.74, 6) is -1.49. The summed E-state index contributed by atoms with van der Waals surface area (Å²) in [6.07, 6.45) is 5.00. The number of likely N-dealkylation sites (tertiary alicyclic amines) is 1. The average Bonchev–Trinajstić information content (AvgIpc) is 2.76. The first-order valence-electron chi connectivity index (χ1n) is 7.22. The minimum atomic E-state index is -0.392. The maximum absolute atomic E-state index is 12.3. The molecular formula is C16H14Br2N2O3. The van der Waals surface area contributed by atoms with Gasteiger partial charge in [-0.1, -0.05) is 28.1 Å². The molecule has 3 amide bonds. The Morgan fingerprint density at radius 2 is 1.74 bits per heavy atom. The van der Waals surface area contributed by atoms with E-state index < -0.39 is 5.91 Å². The second-order valence-electron chi connectivity index (χ2n) is 5.59. The number of allylic oxidation sites excluding steroid dienone is 2. The molecular weight excluding hydrogens is 428 g/mol. The lowest BCUT2D eigenvalue weighted by molar-refractivity contribution is -0.142. The smallest absolute Gasteiger partial charge is 0.244 e. The summed E-state index contributed by atoms with van der Waals surface area (Å²) in [6, 6.07) is 5.39. The van der Waals surface area contributed by atoms with Crippen LogP contribution in [-0.2, 0) is 14.4 Å². The molecule has 0 saturated carbocycles. The largest absolute Gasteiger partial charge is 0.323 e. The Morgan fingerprint density at radius 3 is 2.35 bits per heavy atom. The summed E-state index contributed by atoms with van der Waals surface area (Å²) >= 11 is 6.69. The molecule has 0 spiro atoms. The van der Waals surface area contributed by atoms with Crippen LogP contribution in [0.4, 0.5) is 5.69 Å². The van der Waals surface area contributed by atoms with Gasteiger partial charge in [0.15, 0.2) is 0 Å². The first kappa shape index (κ1) is 16.4. The second kappa shape index (κ2) is 6.57. The highest BCUT2D eigenvalue weighted by Crippen LogP contribution is 2.35. The van der Waals surface area contributed by atoms with E-state index in [0.717, 1.165) is 13.8 Å². The first-order chi connectivity index (χ1) is 11.0. The maximum atomic E-state index is 12.3. The standard InChI is InChI=1S/C16H14Br2N2O3/c17-9-5-6-12(18)13(7-9)19-14(21)8-20-15(22)10-3-1-2-4-11(10)16(20)23/h1-2,5-7,10-11H,3-4,8H2,(H,19,21). The molecule has 120 valence electrons. The highest BCUT2D eigenvalue weighted by molar-refractivity contribution is 9.11. The molecule has 1 aliphatic carbocycles. The molecule has 1 fully saturated rings. The number of amides is 3. The number of nitrogens with one attached hydrogen (secondary N) is 1. The number of carbonyl (C=O) groups excluding carboxylic acids is 3. The molecule has 3 rings (SSSR count). The van der Waals surface area contributed by atoms with Crippen LogP contribution < -0.4 is 5.32 Å². The molecule has 5 nitrogen and oxygen atoms in total. The molecule has 1 N–H and O–H groups in total. The van der Waals surface area contributed by atoms with Gasteiger partial charge in [0.05, 0.1) is 17.5 Å². The van der Waals surface area contributed by atoms with Gasteiger partial charge in [-0.05, 0) is 47.0 Å². The Kier molecular flexibility index (Phi) is 4.68. The Labute approximate surface area is 150 Å². The van der Waals surface area contributed by atoms with Gasteiger partial charge < -0.3 is 5.32 Å². The molecule has 7 heteroatoms. The lowest BCUT2D eigenvalue weighted by Crippen LogP contribution is -2.38. The third-order valence-corrected chi connectivity index (χ3v) is 5.29. The molecule has 1 saturated heterocycles. The van der Waals surface area contributed by atoms with E-state index in [9.17, 15) is 14.4 Å². The van der Waals surface area contributed by atoms with Crippen molar-refractivity contribution in [3.63, 3.8) is 0 Å². The van der Waals surface area contributed by atoms with E-state index in [1.807, 2.05) is 18.2 Å². The van der Waals surface area contributed by atoms with Crippen molar-refractivity contribution in [1.82, 2.24) is 4.90 Å². The zero-order valence-corrected chi connectivity index (χ0v) is 15.3. The van der Waals surface area contributed by atoms with Crippen molar-refractivity contribution in [3.8, 4) is 0 Å². The van der Waals surface area contributed by atoms with Crippen molar-refractivity contribution in [2.75, 3.05) is 11.9 Å². The second-order valence-corrected chi connectivity index (χ2v) is 7.36. The molecule has 0 aromatic heterocycles. The Hall–Kier alpha value is -1.47. The first-order valence-corrected chi connectivity index (χ1v) is 8.81. The number of anilines is 1. The lowest BCUT2D eigenvalue weighted by Gasteiger charge is -2.15. The summed E-state index contributed by atoms with van der Waals surface area (Å²) in [6.45, 7) is -0.246. The Morgan fingerprint density at radius 1 is 1.13 bits per heavy atom. The fraction of sp³-hybridized carbons (Fsp3) is 0.312. The molecule has 0 bridgehead atoms. The van der Waals surface area contributed by atoms with Crippen LogP contribution in [0.5, 0.6) is 0 Å². The highest BCUT2D eigenvalue weighted by atomic mass is 79.9. The van der Waals surface area contributed by atoms with Crippen LogP contribution in [0.15, 0.2) is 39.3 Å². The summed E-state index contributed by atoms with van der Waals surface area (Å²) in [5, 5.41) is 2.72. The molecule has 2 atom stereocenters. The van der Waals surface area contributed by atoms with Gasteiger partial charge in [-0.15, -0.1) is 0 Å². The minimum Gasteiger partial charge on any atom is -0.323 e. The summed E-state index contributed by atoms with van der Waals surface area (Å²) in [5.41, 5.74) is 0.586. The molecule has 23 heavy (non-hydrogen) atoms. The SMILES string of the molecule is O=C(CN1C(=O)C2CC=CCC2C1=O)Nc1cc(Br)ccc1Br. The fourth-order valence-corrected chi connectivity index (χ4v) is 3.66. The van der Waals surface area contributed by atoms with Crippen LogP contribution in [0.1, 0.15) is 12.8 Å². The highest BCUT2D eigenvalue weighted by Gasteiger charge is 2.47. The van der Waals surface area contributed by atoms with Gasteiger partial charge in [-0.25, -0.2) is 0 Å². The van der Waals surface area contributed by atoms with Gasteiger partial charge in [0, 0.05) is 8.95 Å². The van der Waals surface area contributed by atoms with E-state index in [-0.39, 0.29) is 30.2 Å². The minimum absolute atomic E-state index is 0.243. The molecule has 2 unspecified atom stereocenters. The zero-order chi connectivity index (χ0) is 16.6.